The van der Waals surface area contributed by atoms with Gasteiger partial charge in [0.2, 0.25) is 11.8 Å². The summed E-state index contributed by atoms with van der Waals surface area (Å²) in [5, 5.41) is 4.68. The normalized spacial score (nSPS) is 27.2. The van der Waals surface area contributed by atoms with Crippen LogP contribution in [0.1, 0.15) is 75.6 Å². The highest BCUT2D eigenvalue weighted by Crippen LogP contribution is 2.43. The Morgan fingerprint density at radius 2 is 1.83 bits per heavy atom. The third-order valence-electron chi connectivity index (χ3n) is 7.12. The molecule has 2 aliphatic carbocycles. The van der Waals surface area contributed by atoms with Crippen molar-refractivity contribution in [1.82, 2.24) is 24.6 Å². The van der Waals surface area contributed by atoms with Crippen molar-refractivity contribution in [2.45, 2.75) is 75.7 Å². The maximum Gasteiger partial charge on any atom is 0.262 e. The Bertz CT molecular complexity index is 1000. The number of carbonyl (C=O) groups is 1. The van der Waals surface area contributed by atoms with E-state index < -0.39 is 5.92 Å². The second-order valence-electron chi connectivity index (χ2n) is 9.04. The van der Waals surface area contributed by atoms with Crippen LogP contribution in [0.2, 0.25) is 0 Å². The second-order valence-corrected chi connectivity index (χ2v) is 9.04. The fraction of sp³-hybridized carbons (Fsp3) is 0.714. The van der Waals surface area contributed by atoms with Gasteiger partial charge in [0.1, 0.15) is 11.2 Å². The van der Waals surface area contributed by atoms with E-state index in [9.17, 15) is 18.4 Å². The van der Waals surface area contributed by atoms with Crippen LogP contribution in [0.15, 0.2) is 11.0 Å². The molecule has 9 heteroatoms. The van der Waals surface area contributed by atoms with Crippen molar-refractivity contribution in [2.75, 3.05) is 13.1 Å². The molecule has 3 fully saturated rings. The zero-order valence-electron chi connectivity index (χ0n) is 16.9. The fourth-order valence-electron chi connectivity index (χ4n) is 5.14. The van der Waals surface area contributed by atoms with Gasteiger partial charge in [-0.2, -0.15) is 5.10 Å². The summed E-state index contributed by atoms with van der Waals surface area (Å²) in [5.41, 5.74) is 0.165. The number of aromatic nitrogens is 4. The minimum Gasteiger partial charge on any atom is -0.342 e. The van der Waals surface area contributed by atoms with Crippen LogP contribution in [-0.4, -0.2) is 49.6 Å². The molecule has 0 radical (unpaired) electrons. The lowest BCUT2D eigenvalue weighted by Gasteiger charge is -2.39. The average Bonchev–Trinajstić information content (AvgIpc) is 3.12. The van der Waals surface area contributed by atoms with E-state index >= 15 is 0 Å². The molecule has 1 saturated heterocycles. The van der Waals surface area contributed by atoms with Crippen molar-refractivity contribution in [3.05, 3.63) is 22.4 Å². The van der Waals surface area contributed by atoms with E-state index in [0.29, 0.717) is 29.7 Å². The number of nitrogens with one attached hydrogen (secondary N) is 1. The van der Waals surface area contributed by atoms with Gasteiger partial charge >= 0.3 is 0 Å². The van der Waals surface area contributed by atoms with E-state index in [1.54, 1.807) is 4.68 Å². The number of piperidine rings is 1. The number of halogens is 2. The molecule has 2 atom stereocenters. The van der Waals surface area contributed by atoms with Crippen LogP contribution in [0.4, 0.5) is 8.78 Å². The van der Waals surface area contributed by atoms with Crippen LogP contribution in [-0.2, 0) is 4.79 Å². The molecule has 1 N–H and O–H groups in total. The van der Waals surface area contributed by atoms with Crippen LogP contribution >= 0.6 is 0 Å². The van der Waals surface area contributed by atoms with Crippen molar-refractivity contribution in [1.29, 1.82) is 0 Å². The number of rotatable bonds is 3. The van der Waals surface area contributed by atoms with Crippen molar-refractivity contribution < 1.29 is 13.6 Å². The molecule has 3 heterocycles. The molecule has 3 aliphatic rings. The fourth-order valence-corrected chi connectivity index (χ4v) is 5.14. The monoisotopic (exact) mass is 419 g/mol. The number of nitrogens with zero attached hydrogens (tertiary/aromatic N) is 4. The molecule has 2 aromatic rings. The number of carbonyl (C=O) groups excluding carboxylic acids is 1. The van der Waals surface area contributed by atoms with Gasteiger partial charge in [-0.25, -0.2) is 18.4 Å². The van der Waals surface area contributed by atoms with Crippen LogP contribution in [0, 0.1) is 5.92 Å². The molecule has 2 saturated carbocycles. The van der Waals surface area contributed by atoms with E-state index in [1.807, 2.05) is 4.90 Å². The zero-order chi connectivity index (χ0) is 20.9. The van der Waals surface area contributed by atoms with Gasteiger partial charge in [-0.1, -0.05) is 0 Å². The van der Waals surface area contributed by atoms with Gasteiger partial charge in [0.05, 0.1) is 12.2 Å². The summed E-state index contributed by atoms with van der Waals surface area (Å²) in [6, 6.07) is -0.184. The largest absolute Gasteiger partial charge is 0.342 e. The molecule has 1 amide bonds. The molecule has 0 unspecified atom stereocenters. The summed E-state index contributed by atoms with van der Waals surface area (Å²) in [6.07, 6.45) is 6.61. The SMILES string of the molecule is O=C([C@@H]1CC[C@@H]1c1nc2c(cnn2C2CCC(F)(F)CC2)c(=O)[nH]1)N1CCCCC1. The Balaban J connectivity index is 1.41. The number of aromatic amines is 1. The predicted molar refractivity (Wildman–Crippen MR) is 106 cm³/mol. The van der Waals surface area contributed by atoms with Crippen LogP contribution in [0.3, 0.4) is 0 Å². The number of hydrogen-bond donors (Lipinski definition) is 1. The first kappa shape index (κ1) is 19.6. The number of amides is 1. The van der Waals surface area contributed by atoms with Gasteiger partial charge < -0.3 is 9.88 Å². The Morgan fingerprint density at radius 3 is 2.50 bits per heavy atom. The van der Waals surface area contributed by atoms with E-state index in [1.165, 1.54) is 12.6 Å². The highest BCUT2D eigenvalue weighted by molar-refractivity contribution is 5.81. The Morgan fingerprint density at radius 1 is 1.10 bits per heavy atom. The van der Waals surface area contributed by atoms with Gasteiger partial charge in [0.25, 0.3) is 5.56 Å². The van der Waals surface area contributed by atoms with E-state index in [2.05, 4.69) is 10.1 Å². The van der Waals surface area contributed by atoms with Crippen LogP contribution in [0.25, 0.3) is 11.0 Å². The summed E-state index contributed by atoms with van der Waals surface area (Å²) in [5.74, 6) is -2.18. The summed E-state index contributed by atoms with van der Waals surface area (Å²) < 4.78 is 28.8. The molecule has 0 spiro atoms. The molecule has 0 bridgehead atoms. The third-order valence-corrected chi connectivity index (χ3v) is 7.12. The minimum absolute atomic E-state index is 0.101. The molecular weight excluding hydrogens is 392 g/mol. The molecular formula is C21H27F2N5O2. The van der Waals surface area contributed by atoms with E-state index in [0.717, 1.165) is 38.8 Å². The first-order chi connectivity index (χ1) is 14.4. The van der Waals surface area contributed by atoms with Crippen molar-refractivity contribution in [2.24, 2.45) is 5.92 Å². The lowest BCUT2D eigenvalue weighted by molar-refractivity contribution is -0.140. The summed E-state index contributed by atoms with van der Waals surface area (Å²) in [7, 11) is 0. The Kier molecular flexibility index (Phi) is 4.86. The summed E-state index contributed by atoms with van der Waals surface area (Å²) >= 11 is 0. The predicted octanol–water partition coefficient (Wildman–Crippen LogP) is 3.38. The molecule has 0 aromatic carbocycles. The number of alkyl halides is 2. The number of hydrogen-bond acceptors (Lipinski definition) is 4. The molecule has 2 aromatic heterocycles. The van der Waals surface area contributed by atoms with Gasteiger partial charge in [-0.05, 0) is 44.9 Å². The number of likely N-dealkylation sites (tertiary alicyclic amines) is 1. The lowest BCUT2D eigenvalue weighted by Crippen LogP contribution is -2.45. The lowest BCUT2D eigenvalue weighted by atomic mass is 9.72. The van der Waals surface area contributed by atoms with Crippen molar-refractivity contribution >= 4 is 16.9 Å². The highest BCUT2D eigenvalue weighted by Gasteiger charge is 2.42. The number of H-pyrrole nitrogens is 1. The second kappa shape index (κ2) is 7.42. The van der Waals surface area contributed by atoms with Crippen LogP contribution in [0.5, 0.6) is 0 Å². The topological polar surface area (TPSA) is 83.9 Å². The van der Waals surface area contributed by atoms with Crippen molar-refractivity contribution in [3.63, 3.8) is 0 Å². The van der Waals surface area contributed by atoms with Gasteiger partial charge in [-0.15, -0.1) is 0 Å². The first-order valence-corrected chi connectivity index (χ1v) is 11.1. The Hall–Kier alpha value is -2.32. The quantitative estimate of drug-likeness (QED) is 0.827. The minimum atomic E-state index is -2.62. The summed E-state index contributed by atoms with van der Waals surface area (Å²) in [6.45, 7) is 1.62. The zero-order valence-corrected chi connectivity index (χ0v) is 16.9. The van der Waals surface area contributed by atoms with E-state index in [-0.39, 0.29) is 42.2 Å². The molecule has 162 valence electrons. The van der Waals surface area contributed by atoms with Crippen molar-refractivity contribution in [3.8, 4) is 0 Å². The number of fused-ring (bicyclic) bond motifs is 1. The highest BCUT2D eigenvalue weighted by atomic mass is 19.3. The first-order valence-electron chi connectivity index (χ1n) is 11.1. The third kappa shape index (κ3) is 3.41. The van der Waals surface area contributed by atoms with Gasteiger partial charge in [0.15, 0.2) is 5.65 Å². The molecule has 30 heavy (non-hydrogen) atoms. The molecule has 5 rings (SSSR count). The van der Waals surface area contributed by atoms with Crippen LogP contribution < -0.4 is 5.56 Å². The maximum atomic E-state index is 13.6. The standard InChI is InChI=1S/C21H27F2N5O2/c22-21(23)8-6-13(7-9-21)28-18-16(12-24-28)19(29)26-17(25-18)14-4-5-15(14)20(30)27-10-2-1-3-11-27/h12-15H,1-11H2,(H,25,26,29)/t14-,15+/m0/s1. The molecule has 1 aliphatic heterocycles. The van der Waals surface area contributed by atoms with Gasteiger partial charge in [-0.3, -0.25) is 9.59 Å². The Labute approximate surface area is 172 Å². The molecule has 7 nitrogen and oxygen atoms in total. The van der Waals surface area contributed by atoms with Gasteiger partial charge in [0, 0.05) is 37.8 Å². The average molecular weight is 419 g/mol. The maximum absolute atomic E-state index is 13.6. The van der Waals surface area contributed by atoms with E-state index in [4.69, 9.17) is 4.98 Å². The smallest absolute Gasteiger partial charge is 0.262 e. The summed E-state index contributed by atoms with van der Waals surface area (Å²) in [4.78, 5) is 35.1.